The number of ketones is 1. The summed E-state index contributed by atoms with van der Waals surface area (Å²) in [6.07, 6.45) is -1.10. The van der Waals surface area contributed by atoms with Gasteiger partial charge in [0.1, 0.15) is 0 Å². The monoisotopic (exact) mass is 229 g/mol. The van der Waals surface area contributed by atoms with Crippen LogP contribution in [0.15, 0.2) is 36.4 Å². The molecule has 0 unspecified atom stereocenters. The molecule has 0 bridgehead atoms. The standard InChI is InChI=1S/C13H11NO3/c1-8(15)10-3-2-9-4-5-12(14-13(16)17)7-11(9)6-10/h2-7,14H,1H3,(H,16,17). The lowest BCUT2D eigenvalue weighted by Gasteiger charge is -2.04. The van der Waals surface area contributed by atoms with E-state index in [9.17, 15) is 9.59 Å². The highest BCUT2D eigenvalue weighted by Crippen LogP contribution is 2.20. The van der Waals surface area contributed by atoms with Gasteiger partial charge in [0.15, 0.2) is 5.78 Å². The van der Waals surface area contributed by atoms with E-state index in [-0.39, 0.29) is 5.78 Å². The Morgan fingerprint density at radius 1 is 1.06 bits per heavy atom. The van der Waals surface area contributed by atoms with E-state index in [1.165, 1.54) is 6.92 Å². The zero-order chi connectivity index (χ0) is 12.4. The highest BCUT2D eigenvalue weighted by atomic mass is 16.4. The van der Waals surface area contributed by atoms with Crippen LogP contribution in [0.1, 0.15) is 17.3 Å². The summed E-state index contributed by atoms with van der Waals surface area (Å²) < 4.78 is 0. The molecular weight excluding hydrogens is 218 g/mol. The Balaban J connectivity index is 2.50. The predicted octanol–water partition coefficient (Wildman–Crippen LogP) is 3.13. The molecule has 0 aliphatic heterocycles. The van der Waals surface area contributed by atoms with Crippen molar-refractivity contribution in [3.8, 4) is 0 Å². The van der Waals surface area contributed by atoms with E-state index in [1.807, 2.05) is 12.1 Å². The maximum atomic E-state index is 11.2. The molecule has 0 saturated carbocycles. The van der Waals surface area contributed by atoms with Gasteiger partial charge < -0.3 is 5.11 Å². The van der Waals surface area contributed by atoms with Gasteiger partial charge in [-0.05, 0) is 35.9 Å². The first-order chi connectivity index (χ1) is 8.06. The molecule has 0 heterocycles. The third kappa shape index (κ3) is 2.42. The van der Waals surface area contributed by atoms with Crippen molar-refractivity contribution in [1.29, 1.82) is 0 Å². The van der Waals surface area contributed by atoms with Crippen molar-refractivity contribution < 1.29 is 14.7 Å². The van der Waals surface area contributed by atoms with Crippen molar-refractivity contribution in [3.05, 3.63) is 42.0 Å². The Bertz CT molecular complexity index is 605. The number of hydrogen-bond acceptors (Lipinski definition) is 2. The van der Waals surface area contributed by atoms with Crippen LogP contribution in [0.25, 0.3) is 10.8 Å². The molecule has 0 spiro atoms. The molecule has 4 nitrogen and oxygen atoms in total. The van der Waals surface area contributed by atoms with Crippen LogP contribution in [0.4, 0.5) is 10.5 Å². The maximum absolute atomic E-state index is 11.2. The molecule has 0 aromatic heterocycles. The zero-order valence-electron chi connectivity index (χ0n) is 9.23. The quantitative estimate of drug-likeness (QED) is 0.777. The molecule has 1 amide bonds. The second-order valence-corrected chi connectivity index (χ2v) is 3.76. The van der Waals surface area contributed by atoms with Crippen LogP contribution in [-0.2, 0) is 0 Å². The fourth-order valence-corrected chi connectivity index (χ4v) is 1.67. The van der Waals surface area contributed by atoms with Gasteiger partial charge in [-0.15, -0.1) is 0 Å². The van der Waals surface area contributed by atoms with Crippen LogP contribution in [-0.4, -0.2) is 17.0 Å². The predicted molar refractivity (Wildman–Crippen MR) is 65.6 cm³/mol. The van der Waals surface area contributed by atoms with Crippen molar-refractivity contribution in [2.24, 2.45) is 0 Å². The van der Waals surface area contributed by atoms with E-state index in [0.29, 0.717) is 11.3 Å². The Labute approximate surface area is 97.9 Å². The van der Waals surface area contributed by atoms with Crippen molar-refractivity contribution in [1.82, 2.24) is 0 Å². The summed E-state index contributed by atoms with van der Waals surface area (Å²) in [6, 6.07) is 10.6. The van der Waals surface area contributed by atoms with Crippen molar-refractivity contribution in [3.63, 3.8) is 0 Å². The largest absolute Gasteiger partial charge is 0.465 e. The molecule has 0 saturated heterocycles. The minimum atomic E-state index is -1.10. The molecule has 0 atom stereocenters. The third-order valence-electron chi connectivity index (χ3n) is 2.50. The van der Waals surface area contributed by atoms with E-state index in [0.717, 1.165) is 10.8 Å². The summed E-state index contributed by atoms with van der Waals surface area (Å²) in [6.45, 7) is 1.50. The molecular formula is C13H11NO3. The highest BCUT2D eigenvalue weighted by molar-refractivity contribution is 5.99. The summed E-state index contributed by atoms with van der Waals surface area (Å²) in [7, 11) is 0. The first-order valence-electron chi connectivity index (χ1n) is 5.11. The molecule has 2 N–H and O–H groups in total. The summed E-state index contributed by atoms with van der Waals surface area (Å²) in [5, 5.41) is 12.7. The van der Waals surface area contributed by atoms with Crippen LogP contribution in [0.5, 0.6) is 0 Å². The number of fused-ring (bicyclic) bond motifs is 1. The van der Waals surface area contributed by atoms with Gasteiger partial charge in [-0.25, -0.2) is 4.79 Å². The average Bonchev–Trinajstić information content (AvgIpc) is 2.27. The van der Waals surface area contributed by atoms with Gasteiger partial charge in [0.05, 0.1) is 0 Å². The van der Waals surface area contributed by atoms with Crippen molar-refractivity contribution >= 4 is 28.3 Å². The molecule has 0 fully saturated rings. The number of carboxylic acid groups (broad SMARTS) is 1. The highest BCUT2D eigenvalue weighted by Gasteiger charge is 2.03. The van der Waals surface area contributed by atoms with Gasteiger partial charge >= 0.3 is 6.09 Å². The number of Topliss-reactive ketones (excluding diaryl/α,β-unsaturated/α-hetero) is 1. The molecule has 0 aliphatic carbocycles. The third-order valence-corrected chi connectivity index (χ3v) is 2.50. The van der Waals surface area contributed by atoms with E-state index in [2.05, 4.69) is 5.32 Å². The summed E-state index contributed by atoms with van der Waals surface area (Å²) in [5.41, 5.74) is 1.11. The molecule has 2 rings (SSSR count). The number of carbonyl (C=O) groups is 2. The van der Waals surface area contributed by atoms with Gasteiger partial charge in [-0.3, -0.25) is 10.1 Å². The second-order valence-electron chi connectivity index (χ2n) is 3.76. The van der Waals surface area contributed by atoms with Gasteiger partial charge in [0.25, 0.3) is 0 Å². The number of anilines is 1. The second kappa shape index (κ2) is 4.25. The van der Waals surface area contributed by atoms with Crippen molar-refractivity contribution in [2.45, 2.75) is 6.92 Å². The Morgan fingerprint density at radius 2 is 1.76 bits per heavy atom. The molecule has 4 heteroatoms. The van der Waals surface area contributed by atoms with Crippen LogP contribution in [0.3, 0.4) is 0 Å². The minimum absolute atomic E-state index is 0.0107. The molecule has 86 valence electrons. The number of rotatable bonds is 2. The molecule has 0 radical (unpaired) electrons. The van der Waals surface area contributed by atoms with E-state index in [4.69, 9.17) is 5.11 Å². The number of nitrogens with one attached hydrogen (secondary N) is 1. The van der Waals surface area contributed by atoms with Crippen LogP contribution in [0, 0.1) is 0 Å². The van der Waals surface area contributed by atoms with E-state index in [1.54, 1.807) is 24.3 Å². The lowest BCUT2D eigenvalue weighted by Crippen LogP contribution is -2.06. The van der Waals surface area contributed by atoms with E-state index >= 15 is 0 Å². The average molecular weight is 229 g/mol. The topological polar surface area (TPSA) is 66.4 Å². The summed E-state index contributed by atoms with van der Waals surface area (Å²) in [5.74, 6) is -0.0107. The van der Waals surface area contributed by atoms with Crippen LogP contribution < -0.4 is 5.32 Å². The van der Waals surface area contributed by atoms with Gasteiger partial charge in [-0.1, -0.05) is 18.2 Å². The smallest absolute Gasteiger partial charge is 0.409 e. The Hall–Kier alpha value is -2.36. The lowest BCUT2D eigenvalue weighted by molar-refractivity contribution is 0.101. The summed E-state index contributed by atoms with van der Waals surface area (Å²) in [4.78, 5) is 21.8. The fourth-order valence-electron chi connectivity index (χ4n) is 1.67. The van der Waals surface area contributed by atoms with E-state index < -0.39 is 6.09 Å². The molecule has 2 aromatic carbocycles. The first-order valence-corrected chi connectivity index (χ1v) is 5.11. The number of amides is 1. The fraction of sp³-hybridized carbons (Fsp3) is 0.0769. The minimum Gasteiger partial charge on any atom is -0.465 e. The Morgan fingerprint density at radius 3 is 2.41 bits per heavy atom. The van der Waals surface area contributed by atoms with Crippen molar-refractivity contribution in [2.75, 3.05) is 5.32 Å². The lowest BCUT2D eigenvalue weighted by atomic mass is 10.0. The first kappa shape index (κ1) is 11.1. The summed E-state index contributed by atoms with van der Waals surface area (Å²) >= 11 is 0. The van der Waals surface area contributed by atoms with Gasteiger partial charge in [0, 0.05) is 11.3 Å². The molecule has 17 heavy (non-hydrogen) atoms. The Kier molecular flexibility index (Phi) is 2.78. The molecule has 0 aliphatic rings. The molecule has 2 aromatic rings. The normalized spacial score (nSPS) is 10.2. The van der Waals surface area contributed by atoms with Gasteiger partial charge in [0.2, 0.25) is 0 Å². The maximum Gasteiger partial charge on any atom is 0.409 e. The van der Waals surface area contributed by atoms with Crippen LogP contribution in [0.2, 0.25) is 0 Å². The van der Waals surface area contributed by atoms with Gasteiger partial charge in [-0.2, -0.15) is 0 Å². The zero-order valence-corrected chi connectivity index (χ0v) is 9.23. The number of carbonyl (C=O) groups excluding carboxylic acids is 1. The van der Waals surface area contributed by atoms with Crippen LogP contribution >= 0.6 is 0 Å². The number of hydrogen-bond donors (Lipinski definition) is 2. The number of benzene rings is 2. The SMILES string of the molecule is CC(=O)c1ccc2ccc(NC(=O)O)cc2c1.